The summed E-state index contributed by atoms with van der Waals surface area (Å²) in [5.74, 6) is 2.74. The molecule has 2 unspecified atom stereocenters. The summed E-state index contributed by atoms with van der Waals surface area (Å²) >= 11 is 0. The zero-order valence-corrected chi connectivity index (χ0v) is 14.3. The van der Waals surface area contributed by atoms with E-state index in [1.807, 2.05) is 0 Å². The topological polar surface area (TPSA) is 15.3 Å². The smallest absolute Gasteiger partial charge is 0.00472 e. The maximum atomic E-state index is 3.75. The average molecular weight is 280 g/mol. The molecule has 0 spiro atoms. The Kier molecular flexibility index (Phi) is 5.92. The maximum Gasteiger partial charge on any atom is 0.00472 e. The summed E-state index contributed by atoms with van der Waals surface area (Å²) in [6.07, 6.45) is 8.66. The monoisotopic (exact) mass is 280 g/mol. The van der Waals surface area contributed by atoms with Crippen molar-refractivity contribution in [3.63, 3.8) is 0 Å². The van der Waals surface area contributed by atoms with Crippen LogP contribution < -0.4 is 5.32 Å². The van der Waals surface area contributed by atoms with Crippen LogP contribution >= 0.6 is 0 Å². The number of nitrogens with one attached hydrogen (secondary N) is 1. The van der Waals surface area contributed by atoms with Crippen molar-refractivity contribution in [3.8, 4) is 0 Å². The van der Waals surface area contributed by atoms with Gasteiger partial charge in [-0.3, -0.25) is 0 Å². The number of rotatable bonds is 8. The molecule has 20 heavy (non-hydrogen) atoms. The van der Waals surface area contributed by atoms with Gasteiger partial charge in [-0.15, -0.1) is 0 Å². The first-order chi connectivity index (χ1) is 9.51. The molecule has 2 aliphatic rings. The molecule has 2 heteroatoms. The van der Waals surface area contributed by atoms with Crippen LogP contribution in [0.2, 0.25) is 0 Å². The van der Waals surface area contributed by atoms with Crippen molar-refractivity contribution >= 4 is 0 Å². The van der Waals surface area contributed by atoms with Gasteiger partial charge in [0.05, 0.1) is 0 Å². The summed E-state index contributed by atoms with van der Waals surface area (Å²) in [5, 5.41) is 3.75. The molecule has 0 heterocycles. The van der Waals surface area contributed by atoms with Gasteiger partial charge in [0.25, 0.3) is 0 Å². The molecule has 118 valence electrons. The fourth-order valence-electron chi connectivity index (χ4n) is 4.01. The van der Waals surface area contributed by atoms with Crippen molar-refractivity contribution in [2.45, 2.75) is 59.3 Å². The molecule has 2 nitrogen and oxygen atoms in total. The fourth-order valence-corrected chi connectivity index (χ4v) is 4.01. The Morgan fingerprint density at radius 2 is 1.85 bits per heavy atom. The molecule has 0 aromatic carbocycles. The SMILES string of the molecule is CC(C)CNCC1(CN(C)CC2CC2C)CCCCC1. The summed E-state index contributed by atoms with van der Waals surface area (Å²) in [5.41, 5.74) is 0.556. The molecule has 0 saturated heterocycles. The van der Waals surface area contributed by atoms with E-state index in [0.29, 0.717) is 5.41 Å². The summed E-state index contributed by atoms with van der Waals surface area (Å²) in [6, 6.07) is 0. The average Bonchev–Trinajstić information content (AvgIpc) is 3.04. The van der Waals surface area contributed by atoms with Gasteiger partial charge in [-0.1, -0.05) is 40.0 Å². The zero-order chi connectivity index (χ0) is 14.6. The van der Waals surface area contributed by atoms with Gasteiger partial charge in [0, 0.05) is 19.6 Å². The molecule has 2 aliphatic carbocycles. The minimum atomic E-state index is 0.556. The van der Waals surface area contributed by atoms with Gasteiger partial charge >= 0.3 is 0 Å². The van der Waals surface area contributed by atoms with Crippen LogP contribution in [-0.2, 0) is 0 Å². The molecule has 2 saturated carbocycles. The second kappa shape index (κ2) is 7.26. The van der Waals surface area contributed by atoms with E-state index >= 15 is 0 Å². The fraction of sp³-hybridized carbons (Fsp3) is 1.00. The molecule has 0 aliphatic heterocycles. The number of hydrogen-bond acceptors (Lipinski definition) is 2. The summed E-state index contributed by atoms with van der Waals surface area (Å²) in [7, 11) is 2.35. The first-order valence-corrected chi connectivity index (χ1v) is 8.90. The van der Waals surface area contributed by atoms with Crippen LogP contribution in [0.4, 0.5) is 0 Å². The minimum Gasteiger partial charge on any atom is -0.316 e. The number of nitrogens with zero attached hydrogens (tertiary/aromatic N) is 1. The molecule has 0 aromatic rings. The molecule has 0 aromatic heterocycles. The third-order valence-electron chi connectivity index (χ3n) is 5.39. The predicted molar refractivity (Wildman–Crippen MR) is 88.0 cm³/mol. The first kappa shape index (κ1) is 16.3. The van der Waals surface area contributed by atoms with E-state index < -0.39 is 0 Å². The minimum absolute atomic E-state index is 0.556. The first-order valence-electron chi connectivity index (χ1n) is 8.90. The lowest BCUT2D eigenvalue weighted by Gasteiger charge is -2.41. The van der Waals surface area contributed by atoms with Gasteiger partial charge in [-0.2, -0.15) is 0 Å². The molecule has 2 fully saturated rings. The van der Waals surface area contributed by atoms with E-state index in [-0.39, 0.29) is 0 Å². The van der Waals surface area contributed by atoms with Crippen LogP contribution in [0.15, 0.2) is 0 Å². The van der Waals surface area contributed by atoms with Crippen LogP contribution in [-0.4, -0.2) is 38.1 Å². The van der Waals surface area contributed by atoms with E-state index in [2.05, 4.69) is 38.0 Å². The van der Waals surface area contributed by atoms with Gasteiger partial charge in [0.15, 0.2) is 0 Å². The van der Waals surface area contributed by atoms with E-state index in [9.17, 15) is 0 Å². The van der Waals surface area contributed by atoms with E-state index in [4.69, 9.17) is 0 Å². The third-order valence-corrected chi connectivity index (χ3v) is 5.39. The van der Waals surface area contributed by atoms with E-state index in [1.54, 1.807) is 0 Å². The Hall–Kier alpha value is -0.0800. The molecule has 2 atom stereocenters. The second-order valence-electron chi connectivity index (χ2n) is 8.26. The van der Waals surface area contributed by atoms with Crippen LogP contribution in [0.1, 0.15) is 59.3 Å². The molecule has 0 bridgehead atoms. The Balaban J connectivity index is 1.81. The zero-order valence-electron chi connectivity index (χ0n) is 14.3. The lowest BCUT2D eigenvalue weighted by atomic mass is 9.73. The molecule has 2 rings (SSSR count). The Labute approximate surface area is 126 Å². The lowest BCUT2D eigenvalue weighted by molar-refractivity contribution is 0.113. The normalized spacial score (nSPS) is 29.1. The quantitative estimate of drug-likeness (QED) is 0.728. The highest BCUT2D eigenvalue weighted by Gasteiger charge is 2.37. The maximum absolute atomic E-state index is 3.75. The van der Waals surface area contributed by atoms with Crippen molar-refractivity contribution in [2.24, 2.45) is 23.2 Å². The van der Waals surface area contributed by atoms with Gasteiger partial charge in [0.1, 0.15) is 0 Å². The molecule has 0 radical (unpaired) electrons. The molecule has 0 amide bonds. The van der Waals surface area contributed by atoms with Gasteiger partial charge in [-0.05, 0) is 56.0 Å². The van der Waals surface area contributed by atoms with Gasteiger partial charge in [0.2, 0.25) is 0 Å². The standard InChI is InChI=1S/C18H36N2/c1-15(2)11-19-13-18(8-6-5-7-9-18)14-20(4)12-17-10-16(17)3/h15-17,19H,5-14H2,1-4H3. The highest BCUT2D eigenvalue weighted by molar-refractivity contribution is 4.90. The van der Waals surface area contributed by atoms with Crippen molar-refractivity contribution in [2.75, 3.05) is 33.2 Å². The Morgan fingerprint density at radius 3 is 2.40 bits per heavy atom. The highest BCUT2D eigenvalue weighted by atomic mass is 15.1. The van der Waals surface area contributed by atoms with Crippen LogP contribution in [0.3, 0.4) is 0 Å². The van der Waals surface area contributed by atoms with Crippen molar-refractivity contribution in [1.82, 2.24) is 10.2 Å². The summed E-state index contributed by atoms with van der Waals surface area (Å²) < 4.78 is 0. The molecular formula is C18H36N2. The summed E-state index contributed by atoms with van der Waals surface area (Å²) in [6.45, 7) is 12.1. The van der Waals surface area contributed by atoms with Crippen molar-refractivity contribution in [1.29, 1.82) is 0 Å². The summed E-state index contributed by atoms with van der Waals surface area (Å²) in [4.78, 5) is 2.64. The largest absolute Gasteiger partial charge is 0.316 e. The van der Waals surface area contributed by atoms with Gasteiger partial charge in [-0.25, -0.2) is 0 Å². The van der Waals surface area contributed by atoms with Crippen molar-refractivity contribution < 1.29 is 0 Å². The van der Waals surface area contributed by atoms with Crippen LogP contribution in [0, 0.1) is 23.2 Å². The van der Waals surface area contributed by atoms with Crippen LogP contribution in [0.5, 0.6) is 0 Å². The predicted octanol–water partition coefficient (Wildman–Crippen LogP) is 3.77. The van der Waals surface area contributed by atoms with Crippen LogP contribution in [0.25, 0.3) is 0 Å². The Bertz CT molecular complexity index is 281. The third kappa shape index (κ3) is 5.04. The molecule has 1 N–H and O–H groups in total. The van der Waals surface area contributed by atoms with Crippen molar-refractivity contribution in [3.05, 3.63) is 0 Å². The van der Waals surface area contributed by atoms with Gasteiger partial charge < -0.3 is 10.2 Å². The Morgan fingerprint density at radius 1 is 1.20 bits per heavy atom. The number of hydrogen-bond donors (Lipinski definition) is 1. The van der Waals surface area contributed by atoms with E-state index in [0.717, 1.165) is 17.8 Å². The van der Waals surface area contributed by atoms with E-state index in [1.165, 1.54) is 64.7 Å². The molecular weight excluding hydrogens is 244 g/mol. The highest BCUT2D eigenvalue weighted by Crippen LogP contribution is 2.40. The lowest BCUT2D eigenvalue weighted by Crippen LogP contribution is -2.45. The second-order valence-corrected chi connectivity index (χ2v) is 8.26.